The van der Waals surface area contributed by atoms with Crippen molar-refractivity contribution in [1.82, 2.24) is 10.2 Å². The molecular weight excluding hydrogens is 378 g/mol. The third-order valence-electron chi connectivity index (χ3n) is 3.47. The van der Waals surface area contributed by atoms with E-state index in [-0.39, 0.29) is 30.0 Å². The number of benzene rings is 1. The van der Waals surface area contributed by atoms with E-state index in [0.717, 1.165) is 4.90 Å². The molecule has 1 aliphatic rings. The molecule has 0 saturated carbocycles. The molecule has 11 heteroatoms. The summed E-state index contributed by atoms with van der Waals surface area (Å²) < 4.78 is 0. The van der Waals surface area contributed by atoms with E-state index in [1.165, 1.54) is 30.3 Å². The summed E-state index contributed by atoms with van der Waals surface area (Å²) in [7, 11) is 0. The molecule has 0 unspecified atom stereocenters. The highest BCUT2D eigenvalue weighted by molar-refractivity contribution is 8.18. The molecule has 1 aromatic rings. The highest BCUT2D eigenvalue weighted by Crippen LogP contribution is 2.32. The second-order valence-electron chi connectivity index (χ2n) is 5.46. The lowest BCUT2D eigenvalue weighted by atomic mass is 10.2. The Morgan fingerprint density at radius 3 is 2.52 bits per heavy atom. The maximum absolute atomic E-state index is 12.3. The van der Waals surface area contributed by atoms with Gasteiger partial charge in [0.1, 0.15) is 6.54 Å². The third kappa shape index (κ3) is 5.64. The molecule has 1 aliphatic heterocycles. The van der Waals surface area contributed by atoms with Crippen molar-refractivity contribution >= 4 is 46.5 Å². The van der Waals surface area contributed by atoms with Gasteiger partial charge in [-0.25, -0.2) is 0 Å². The number of carboxylic acids is 1. The zero-order valence-corrected chi connectivity index (χ0v) is 14.7. The van der Waals surface area contributed by atoms with Crippen LogP contribution >= 0.6 is 11.8 Å². The van der Waals surface area contributed by atoms with E-state index in [4.69, 9.17) is 5.11 Å². The number of hydrogen-bond donors (Lipinski definition) is 2. The molecule has 1 aromatic carbocycles. The first-order valence-corrected chi connectivity index (χ1v) is 8.58. The van der Waals surface area contributed by atoms with Gasteiger partial charge in [0, 0.05) is 25.1 Å². The highest BCUT2D eigenvalue weighted by Gasteiger charge is 2.36. The normalized spacial score (nSPS) is 15.3. The topological polar surface area (TPSA) is 147 Å². The predicted octanol–water partition coefficient (Wildman–Crippen LogP) is 1.61. The fourth-order valence-electron chi connectivity index (χ4n) is 2.15. The van der Waals surface area contributed by atoms with Crippen molar-refractivity contribution in [3.8, 4) is 0 Å². The lowest BCUT2D eigenvalue weighted by molar-refractivity contribution is -0.384. The summed E-state index contributed by atoms with van der Waals surface area (Å²) in [5, 5.41) is 21.0. The number of non-ortho nitro benzene ring substituents is 1. The minimum absolute atomic E-state index is 0.0974. The number of aliphatic carboxylic acids is 1. The van der Waals surface area contributed by atoms with Gasteiger partial charge in [-0.1, -0.05) is 0 Å². The van der Waals surface area contributed by atoms with Crippen LogP contribution < -0.4 is 5.32 Å². The SMILES string of the molecule is O=C(O)CCCNC(=O)CN1C(=O)S/C(=C\c2ccc([N+](=O)[O-])cc2)C1=O. The minimum atomic E-state index is -0.980. The molecule has 1 fully saturated rings. The summed E-state index contributed by atoms with van der Waals surface area (Å²) in [4.78, 5) is 57.4. The number of nitro benzene ring substituents is 1. The molecule has 0 aliphatic carbocycles. The number of carbonyl (C=O) groups is 4. The molecule has 3 amide bonds. The number of hydrogen-bond acceptors (Lipinski definition) is 7. The van der Waals surface area contributed by atoms with Gasteiger partial charge in [-0.05, 0) is 42.0 Å². The highest BCUT2D eigenvalue weighted by atomic mass is 32.2. The second kappa shape index (κ2) is 8.94. The smallest absolute Gasteiger partial charge is 0.303 e. The lowest BCUT2D eigenvalue weighted by Crippen LogP contribution is -2.39. The Hall–Kier alpha value is -3.21. The van der Waals surface area contributed by atoms with Gasteiger partial charge in [-0.3, -0.25) is 34.2 Å². The number of nitrogens with zero attached hydrogens (tertiary/aromatic N) is 2. The van der Waals surface area contributed by atoms with Crippen molar-refractivity contribution in [3.63, 3.8) is 0 Å². The van der Waals surface area contributed by atoms with Gasteiger partial charge in [0.25, 0.3) is 16.8 Å². The zero-order chi connectivity index (χ0) is 20.0. The number of nitrogens with one attached hydrogen (secondary N) is 1. The summed E-state index contributed by atoms with van der Waals surface area (Å²) in [5.74, 6) is -2.19. The molecular formula is C16H15N3O7S. The van der Waals surface area contributed by atoms with E-state index >= 15 is 0 Å². The number of carbonyl (C=O) groups excluding carboxylic acids is 3. The molecule has 0 atom stereocenters. The molecule has 2 N–H and O–H groups in total. The van der Waals surface area contributed by atoms with Gasteiger partial charge in [-0.2, -0.15) is 0 Å². The van der Waals surface area contributed by atoms with Gasteiger partial charge >= 0.3 is 5.97 Å². The van der Waals surface area contributed by atoms with Crippen LogP contribution in [0, 0.1) is 10.1 Å². The number of nitro groups is 1. The van der Waals surface area contributed by atoms with Crippen molar-refractivity contribution in [1.29, 1.82) is 0 Å². The Balaban J connectivity index is 1.96. The molecule has 27 heavy (non-hydrogen) atoms. The molecule has 0 aromatic heterocycles. The summed E-state index contributed by atoms with van der Waals surface area (Å²) in [6, 6.07) is 5.45. The van der Waals surface area contributed by atoms with Crippen molar-refractivity contribution in [3.05, 3.63) is 44.8 Å². The van der Waals surface area contributed by atoms with Crippen LogP contribution in [0.5, 0.6) is 0 Å². The summed E-state index contributed by atoms with van der Waals surface area (Å²) in [5.41, 5.74) is 0.407. The number of carboxylic acid groups (broad SMARTS) is 1. The van der Waals surface area contributed by atoms with Crippen LogP contribution in [0.2, 0.25) is 0 Å². The third-order valence-corrected chi connectivity index (χ3v) is 4.37. The monoisotopic (exact) mass is 393 g/mol. The lowest BCUT2D eigenvalue weighted by Gasteiger charge is -2.12. The molecule has 0 bridgehead atoms. The van der Waals surface area contributed by atoms with E-state index in [1.807, 2.05) is 0 Å². The second-order valence-corrected chi connectivity index (χ2v) is 6.46. The van der Waals surface area contributed by atoms with Crippen molar-refractivity contribution < 1.29 is 29.2 Å². The van der Waals surface area contributed by atoms with Crippen LogP contribution in [0.1, 0.15) is 18.4 Å². The van der Waals surface area contributed by atoms with E-state index in [9.17, 15) is 29.3 Å². The molecule has 1 heterocycles. The van der Waals surface area contributed by atoms with Crippen molar-refractivity contribution in [2.75, 3.05) is 13.1 Å². The average Bonchev–Trinajstić information content (AvgIpc) is 2.86. The Morgan fingerprint density at radius 1 is 1.26 bits per heavy atom. The zero-order valence-electron chi connectivity index (χ0n) is 13.9. The van der Waals surface area contributed by atoms with Crippen LogP contribution in [-0.2, 0) is 14.4 Å². The molecule has 0 spiro atoms. The van der Waals surface area contributed by atoms with E-state index in [0.29, 0.717) is 17.3 Å². The van der Waals surface area contributed by atoms with E-state index < -0.39 is 34.5 Å². The predicted molar refractivity (Wildman–Crippen MR) is 95.7 cm³/mol. The first kappa shape index (κ1) is 20.1. The maximum atomic E-state index is 12.3. The molecule has 0 radical (unpaired) electrons. The summed E-state index contributed by atoms with van der Waals surface area (Å²) in [6.45, 7) is -0.338. The molecule has 10 nitrogen and oxygen atoms in total. The summed E-state index contributed by atoms with van der Waals surface area (Å²) in [6.07, 6.45) is 1.56. The minimum Gasteiger partial charge on any atom is -0.481 e. The largest absolute Gasteiger partial charge is 0.481 e. The van der Waals surface area contributed by atoms with Gasteiger partial charge in [0.2, 0.25) is 5.91 Å². The number of imide groups is 1. The van der Waals surface area contributed by atoms with Crippen LogP contribution in [-0.4, -0.2) is 51.0 Å². The maximum Gasteiger partial charge on any atom is 0.303 e. The van der Waals surface area contributed by atoms with Crippen LogP contribution in [0.3, 0.4) is 0 Å². The number of rotatable bonds is 8. The van der Waals surface area contributed by atoms with Gasteiger partial charge in [0.05, 0.1) is 9.83 Å². The Morgan fingerprint density at radius 2 is 1.93 bits per heavy atom. The van der Waals surface area contributed by atoms with Crippen LogP contribution in [0.4, 0.5) is 10.5 Å². The van der Waals surface area contributed by atoms with Gasteiger partial charge < -0.3 is 10.4 Å². The molecule has 2 rings (SSSR count). The van der Waals surface area contributed by atoms with Crippen LogP contribution in [0.25, 0.3) is 6.08 Å². The van der Waals surface area contributed by atoms with Crippen molar-refractivity contribution in [2.24, 2.45) is 0 Å². The van der Waals surface area contributed by atoms with Gasteiger partial charge in [-0.15, -0.1) is 0 Å². The van der Waals surface area contributed by atoms with E-state index in [2.05, 4.69) is 5.32 Å². The standard InChI is InChI=1S/C16H15N3O7S/c20-13(17-7-1-2-14(21)22)9-18-15(23)12(27-16(18)24)8-10-3-5-11(6-4-10)19(25)26/h3-6,8H,1-2,7,9H2,(H,17,20)(H,21,22)/b12-8-. The Kier molecular flexibility index (Phi) is 6.66. The number of thioether (sulfide) groups is 1. The van der Waals surface area contributed by atoms with E-state index in [1.54, 1.807) is 0 Å². The van der Waals surface area contributed by atoms with Gasteiger partial charge in [0.15, 0.2) is 0 Å². The first-order valence-electron chi connectivity index (χ1n) is 7.76. The molecule has 1 saturated heterocycles. The Bertz CT molecular complexity index is 820. The number of amides is 3. The Labute approximate surface area is 157 Å². The average molecular weight is 393 g/mol. The van der Waals surface area contributed by atoms with Crippen molar-refractivity contribution in [2.45, 2.75) is 12.8 Å². The van der Waals surface area contributed by atoms with Crippen LogP contribution in [0.15, 0.2) is 29.2 Å². The quantitative estimate of drug-likeness (QED) is 0.293. The molecule has 142 valence electrons. The fraction of sp³-hybridized carbons (Fsp3) is 0.250. The summed E-state index contributed by atoms with van der Waals surface area (Å²) >= 11 is 0.668. The first-order chi connectivity index (χ1) is 12.8. The fourth-order valence-corrected chi connectivity index (χ4v) is 2.99.